The van der Waals surface area contributed by atoms with Gasteiger partial charge in [0.05, 0.1) is 0 Å². The van der Waals surface area contributed by atoms with Crippen LogP contribution >= 0.6 is 0 Å². The molecule has 0 amide bonds. The van der Waals surface area contributed by atoms with Crippen LogP contribution in [0.2, 0.25) is 0 Å². The van der Waals surface area contributed by atoms with E-state index >= 15 is 0 Å². The normalized spacial score (nSPS) is 12.3. The first-order chi connectivity index (χ1) is 8.00. The summed E-state index contributed by atoms with van der Waals surface area (Å²) < 4.78 is 0. The molecule has 0 radical (unpaired) electrons. The van der Waals surface area contributed by atoms with E-state index in [1.807, 2.05) is 13.8 Å². The minimum Gasteiger partial charge on any atom is -0.0683 e. The van der Waals surface area contributed by atoms with Gasteiger partial charge in [-0.15, -0.1) is 0 Å². The summed E-state index contributed by atoms with van der Waals surface area (Å²) in [5.41, 5.74) is 2.92. The van der Waals surface area contributed by atoms with Crippen molar-refractivity contribution in [3.05, 3.63) is 35.4 Å². The molecule has 1 unspecified atom stereocenters. The van der Waals surface area contributed by atoms with E-state index in [1.54, 1.807) is 0 Å². The molecule has 0 aliphatic rings. The molecular formula is C17H30. The number of benzene rings is 1. The average molecular weight is 234 g/mol. The van der Waals surface area contributed by atoms with Gasteiger partial charge in [0, 0.05) is 0 Å². The molecule has 0 saturated carbocycles. The summed E-state index contributed by atoms with van der Waals surface area (Å²) >= 11 is 0. The van der Waals surface area contributed by atoms with Crippen molar-refractivity contribution in [2.45, 2.75) is 66.7 Å². The van der Waals surface area contributed by atoms with E-state index in [2.05, 4.69) is 58.9 Å². The van der Waals surface area contributed by atoms with E-state index < -0.39 is 0 Å². The van der Waals surface area contributed by atoms with Crippen molar-refractivity contribution in [1.29, 1.82) is 0 Å². The molecule has 0 fully saturated rings. The maximum atomic E-state index is 2.32. The van der Waals surface area contributed by atoms with Crippen LogP contribution in [0, 0.1) is 5.92 Å². The zero-order valence-corrected chi connectivity index (χ0v) is 12.7. The lowest BCUT2D eigenvalue weighted by atomic mass is 9.90. The van der Waals surface area contributed by atoms with Gasteiger partial charge < -0.3 is 0 Å². The third-order valence-corrected chi connectivity index (χ3v) is 3.00. The predicted octanol–water partition coefficient (Wildman–Crippen LogP) is 5.99. The van der Waals surface area contributed by atoms with Gasteiger partial charge in [0.15, 0.2) is 0 Å². The molecule has 0 heterocycles. The highest BCUT2D eigenvalue weighted by atomic mass is 14.1. The van der Waals surface area contributed by atoms with Gasteiger partial charge in [-0.3, -0.25) is 0 Å². The molecule has 1 atom stereocenters. The molecule has 1 aromatic carbocycles. The van der Waals surface area contributed by atoms with Gasteiger partial charge in [-0.2, -0.15) is 0 Å². The Morgan fingerprint density at radius 3 is 1.53 bits per heavy atom. The van der Waals surface area contributed by atoms with Gasteiger partial charge >= 0.3 is 0 Å². The number of hydrogen-bond acceptors (Lipinski definition) is 0. The molecule has 0 aliphatic carbocycles. The Morgan fingerprint density at radius 2 is 1.18 bits per heavy atom. The molecule has 17 heavy (non-hydrogen) atoms. The van der Waals surface area contributed by atoms with Crippen molar-refractivity contribution in [3.8, 4) is 0 Å². The van der Waals surface area contributed by atoms with Gasteiger partial charge in [-0.1, -0.05) is 72.7 Å². The maximum absolute atomic E-state index is 2.32. The Bertz CT molecular complexity index is 279. The summed E-state index contributed by atoms with van der Waals surface area (Å²) in [6.45, 7) is 15.4. The lowest BCUT2D eigenvalue weighted by Crippen LogP contribution is -1.99. The Labute approximate surface area is 108 Å². The van der Waals surface area contributed by atoms with Gasteiger partial charge in [-0.25, -0.2) is 0 Å². The Kier molecular flexibility index (Phi) is 7.95. The highest BCUT2D eigenvalue weighted by molar-refractivity contribution is 5.26. The average Bonchev–Trinajstić information content (AvgIpc) is 2.31. The fourth-order valence-corrected chi connectivity index (χ4v) is 2.05. The molecule has 0 N–H and O–H groups in total. The molecule has 1 rings (SSSR count). The molecular weight excluding hydrogens is 204 g/mol. The van der Waals surface area contributed by atoms with Crippen molar-refractivity contribution in [2.75, 3.05) is 0 Å². The second kappa shape index (κ2) is 8.33. The zero-order chi connectivity index (χ0) is 13.4. The topological polar surface area (TPSA) is 0 Å². The maximum Gasteiger partial charge on any atom is -0.0188 e. The summed E-state index contributed by atoms with van der Waals surface area (Å²) in [5.74, 6) is 2.11. The third kappa shape index (κ3) is 5.91. The molecule has 0 spiro atoms. The Morgan fingerprint density at radius 1 is 0.765 bits per heavy atom. The second-order valence-corrected chi connectivity index (χ2v) is 5.35. The predicted molar refractivity (Wildman–Crippen MR) is 79.7 cm³/mol. The fourth-order valence-electron chi connectivity index (χ4n) is 2.05. The lowest BCUT2D eigenvalue weighted by Gasteiger charge is -2.15. The second-order valence-electron chi connectivity index (χ2n) is 5.35. The number of rotatable bonds is 4. The standard InChI is InChI=1S/C15H24.C2H6/c1-11(2)10-13(5)15-8-6-14(7-9-15)12(3)4;1-2/h6-9,11-13H,10H2,1-5H3;1-2H3. The first-order valence-corrected chi connectivity index (χ1v) is 7.10. The van der Waals surface area contributed by atoms with E-state index in [4.69, 9.17) is 0 Å². The van der Waals surface area contributed by atoms with Gasteiger partial charge in [0.2, 0.25) is 0 Å². The van der Waals surface area contributed by atoms with E-state index in [9.17, 15) is 0 Å². The first-order valence-electron chi connectivity index (χ1n) is 7.10. The molecule has 0 bridgehead atoms. The Hall–Kier alpha value is -0.780. The smallest absolute Gasteiger partial charge is 0.0188 e. The number of hydrogen-bond donors (Lipinski definition) is 0. The highest BCUT2D eigenvalue weighted by Crippen LogP contribution is 2.24. The zero-order valence-electron chi connectivity index (χ0n) is 12.7. The van der Waals surface area contributed by atoms with Crippen LogP contribution in [0.1, 0.15) is 77.8 Å². The molecule has 0 heteroatoms. The molecule has 0 nitrogen and oxygen atoms in total. The van der Waals surface area contributed by atoms with Crippen LogP contribution in [-0.4, -0.2) is 0 Å². The van der Waals surface area contributed by atoms with Crippen LogP contribution < -0.4 is 0 Å². The minimum absolute atomic E-state index is 0.638. The lowest BCUT2D eigenvalue weighted by molar-refractivity contribution is 0.523. The quantitative estimate of drug-likeness (QED) is 0.600. The van der Waals surface area contributed by atoms with Crippen LogP contribution in [0.15, 0.2) is 24.3 Å². The van der Waals surface area contributed by atoms with Crippen molar-refractivity contribution in [2.24, 2.45) is 5.92 Å². The van der Waals surface area contributed by atoms with Crippen molar-refractivity contribution in [1.82, 2.24) is 0 Å². The van der Waals surface area contributed by atoms with E-state index in [0.717, 1.165) is 5.92 Å². The third-order valence-electron chi connectivity index (χ3n) is 3.00. The van der Waals surface area contributed by atoms with E-state index in [0.29, 0.717) is 11.8 Å². The first kappa shape index (κ1) is 16.2. The minimum atomic E-state index is 0.638. The monoisotopic (exact) mass is 234 g/mol. The highest BCUT2D eigenvalue weighted by Gasteiger charge is 2.08. The summed E-state index contributed by atoms with van der Waals surface area (Å²) in [6.07, 6.45) is 1.28. The summed E-state index contributed by atoms with van der Waals surface area (Å²) in [4.78, 5) is 0. The summed E-state index contributed by atoms with van der Waals surface area (Å²) in [6, 6.07) is 9.14. The molecule has 0 aromatic heterocycles. The van der Waals surface area contributed by atoms with Crippen molar-refractivity contribution >= 4 is 0 Å². The molecule has 1 aromatic rings. The fraction of sp³-hybridized carbons (Fsp3) is 0.647. The molecule has 98 valence electrons. The SMILES string of the molecule is CC.CC(C)CC(C)c1ccc(C(C)C)cc1. The van der Waals surface area contributed by atoms with Crippen molar-refractivity contribution < 1.29 is 0 Å². The molecule has 0 saturated heterocycles. The van der Waals surface area contributed by atoms with Crippen LogP contribution in [-0.2, 0) is 0 Å². The Balaban J connectivity index is 0.00000121. The largest absolute Gasteiger partial charge is 0.0683 e. The van der Waals surface area contributed by atoms with Crippen LogP contribution in [0.5, 0.6) is 0 Å². The van der Waals surface area contributed by atoms with Gasteiger partial charge in [-0.05, 0) is 35.3 Å². The molecule has 0 aliphatic heterocycles. The van der Waals surface area contributed by atoms with E-state index in [1.165, 1.54) is 17.5 Å². The van der Waals surface area contributed by atoms with Crippen molar-refractivity contribution in [3.63, 3.8) is 0 Å². The van der Waals surface area contributed by atoms with E-state index in [-0.39, 0.29) is 0 Å². The van der Waals surface area contributed by atoms with Crippen LogP contribution in [0.3, 0.4) is 0 Å². The summed E-state index contributed by atoms with van der Waals surface area (Å²) in [5, 5.41) is 0. The van der Waals surface area contributed by atoms with Crippen LogP contribution in [0.4, 0.5) is 0 Å². The van der Waals surface area contributed by atoms with Crippen LogP contribution in [0.25, 0.3) is 0 Å². The van der Waals surface area contributed by atoms with Gasteiger partial charge in [0.1, 0.15) is 0 Å². The van der Waals surface area contributed by atoms with Gasteiger partial charge in [0.25, 0.3) is 0 Å². The summed E-state index contributed by atoms with van der Waals surface area (Å²) in [7, 11) is 0.